The minimum absolute atomic E-state index is 0.0350. The molecule has 3 N–H and O–H groups in total. The van der Waals surface area contributed by atoms with Crippen molar-refractivity contribution in [2.45, 2.75) is 19.2 Å². The summed E-state index contributed by atoms with van der Waals surface area (Å²) < 4.78 is 48.8. The van der Waals surface area contributed by atoms with Crippen molar-refractivity contribution in [2.75, 3.05) is 25.6 Å². The Labute approximate surface area is 168 Å². The van der Waals surface area contributed by atoms with E-state index in [0.29, 0.717) is 17.4 Å². The average Bonchev–Trinajstić information content (AvgIpc) is 3.10. The number of hydrogen-bond donors (Lipinski definition) is 3. The van der Waals surface area contributed by atoms with Gasteiger partial charge < -0.3 is 19.9 Å². The molecular formula is C18H19F3N2O5S. The normalized spacial score (nSPS) is 12.2. The first-order valence-electron chi connectivity index (χ1n) is 8.41. The second kappa shape index (κ2) is 9.61. The van der Waals surface area contributed by atoms with Crippen LogP contribution >= 0.6 is 11.3 Å². The number of anilines is 1. The van der Waals surface area contributed by atoms with Crippen LogP contribution in [0.15, 0.2) is 30.3 Å². The molecule has 0 radical (unpaired) electrons. The van der Waals surface area contributed by atoms with Crippen molar-refractivity contribution in [1.29, 1.82) is 0 Å². The van der Waals surface area contributed by atoms with Crippen LogP contribution < -0.4 is 15.4 Å². The van der Waals surface area contributed by atoms with Gasteiger partial charge in [0.25, 0.3) is 0 Å². The van der Waals surface area contributed by atoms with Gasteiger partial charge in [-0.05, 0) is 19.1 Å². The number of aliphatic hydroxyl groups excluding tert-OH is 1. The summed E-state index contributed by atoms with van der Waals surface area (Å²) in [6, 6.07) is 6.37. The zero-order chi connectivity index (χ0) is 21.6. The van der Waals surface area contributed by atoms with Crippen LogP contribution in [0.5, 0.6) is 5.75 Å². The van der Waals surface area contributed by atoms with Crippen molar-refractivity contribution in [3.05, 3.63) is 46.3 Å². The molecule has 0 aliphatic heterocycles. The zero-order valence-electron chi connectivity index (χ0n) is 15.5. The maximum Gasteiger partial charge on any atom is 0.425 e. The maximum absolute atomic E-state index is 13.0. The number of hydrogen-bond acceptors (Lipinski definition) is 6. The molecule has 0 fully saturated rings. The lowest BCUT2D eigenvalue weighted by atomic mass is 10.1. The molecule has 0 saturated carbocycles. The monoisotopic (exact) mass is 432 g/mol. The zero-order valence-corrected chi connectivity index (χ0v) is 16.3. The third kappa shape index (κ3) is 5.84. The van der Waals surface area contributed by atoms with Crippen LogP contribution in [0.25, 0.3) is 0 Å². The molecule has 0 bridgehead atoms. The molecule has 7 nitrogen and oxygen atoms in total. The number of rotatable bonds is 7. The van der Waals surface area contributed by atoms with Gasteiger partial charge in [-0.1, -0.05) is 18.2 Å². The summed E-state index contributed by atoms with van der Waals surface area (Å²) in [5, 5.41) is 14.5. The minimum atomic E-state index is -4.68. The van der Waals surface area contributed by atoms with Crippen LogP contribution in [0.2, 0.25) is 0 Å². The number of aliphatic hydroxyl groups is 1. The van der Waals surface area contributed by atoms with Crippen LogP contribution in [0.1, 0.15) is 33.8 Å². The van der Waals surface area contributed by atoms with E-state index in [1.165, 1.54) is 14.0 Å². The summed E-state index contributed by atoms with van der Waals surface area (Å²) in [7, 11) is 1.43. The molecule has 0 spiro atoms. The number of thiophene rings is 1. The fourth-order valence-electron chi connectivity index (χ4n) is 2.37. The summed E-state index contributed by atoms with van der Waals surface area (Å²) in [6.45, 7) is 1.24. The molecule has 1 aromatic carbocycles. The van der Waals surface area contributed by atoms with E-state index in [4.69, 9.17) is 9.47 Å². The first-order chi connectivity index (χ1) is 13.7. The van der Waals surface area contributed by atoms with Gasteiger partial charge in [0.05, 0.1) is 25.4 Å². The molecule has 0 saturated heterocycles. The number of alkyl halides is 3. The van der Waals surface area contributed by atoms with Gasteiger partial charge in [0.2, 0.25) is 0 Å². The molecule has 0 unspecified atom stereocenters. The van der Waals surface area contributed by atoms with Gasteiger partial charge >= 0.3 is 18.2 Å². The van der Waals surface area contributed by atoms with Gasteiger partial charge in [-0.2, -0.15) is 13.2 Å². The van der Waals surface area contributed by atoms with Crippen molar-refractivity contribution in [1.82, 2.24) is 5.32 Å². The van der Waals surface area contributed by atoms with Gasteiger partial charge in [-0.3, -0.25) is 5.32 Å². The van der Waals surface area contributed by atoms with E-state index in [0.717, 1.165) is 0 Å². The Hall–Kier alpha value is -2.79. The molecule has 1 heterocycles. The number of amides is 2. The van der Waals surface area contributed by atoms with Gasteiger partial charge in [0, 0.05) is 12.1 Å². The number of carbonyl (C=O) groups excluding carboxylic acids is 2. The third-order valence-corrected chi connectivity index (χ3v) is 4.78. The Kier molecular flexibility index (Phi) is 7.46. The number of urea groups is 1. The number of para-hydroxylation sites is 1. The predicted molar refractivity (Wildman–Crippen MR) is 100 cm³/mol. The first-order valence-corrected chi connectivity index (χ1v) is 9.23. The SMILES string of the molecule is CCOC(=O)c1cc(C(F)(F)F)sc1NC(=O)NC[C@@H](O)c1ccccc1OC. The van der Waals surface area contributed by atoms with Crippen molar-refractivity contribution >= 4 is 28.3 Å². The number of esters is 1. The highest BCUT2D eigenvalue weighted by atomic mass is 32.1. The Balaban J connectivity index is 2.09. The summed E-state index contributed by atoms with van der Waals surface area (Å²) in [5.74, 6) is -0.566. The van der Waals surface area contributed by atoms with Crippen molar-refractivity contribution in [3.63, 3.8) is 0 Å². The molecule has 1 atom stereocenters. The van der Waals surface area contributed by atoms with E-state index in [1.807, 2.05) is 0 Å². The number of benzene rings is 1. The Bertz CT molecular complexity index is 869. The molecular weight excluding hydrogens is 413 g/mol. The molecule has 158 valence electrons. The van der Waals surface area contributed by atoms with Crippen molar-refractivity contribution in [3.8, 4) is 5.75 Å². The molecule has 2 rings (SSSR count). The molecule has 0 aliphatic rings. The molecule has 29 heavy (non-hydrogen) atoms. The highest BCUT2D eigenvalue weighted by Crippen LogP contribution is 2.39. The van der Waals surface area contributed by atoms with Crippen LogP contribution in [0, 0.1) is 0 Å². The summed E-state index contributed by atoms with van der Waals surface area (Å²) in [5.41, 5.74) is 0.0302. The fourth-order valence-corrected chi connectivity index (χ4v) is 3.28. The highest BCUT2D eigenvalue weighted by Gasteiger charge is 2.35. The number of halogens is 3. The Morgan fingerprint density at radius 1 is 1.28 bits per heavy atom. The lowest BCUT2D eigenvalue weighted by Gasteiger charge is -2.15. The topological polar surface area (TPSA) is 96.9 Å². The van der Waals surface area contributed by atoms with E-state index in [-0.39, 0.29) is 29.5 Å². The van der Waals surface area contributed by atoms with Gasteiger partial charge in [-0.25, -0.2) is 9.59 Å². The molecule has 2 aromatic rings. The minimum Gasteiger partial charge on any atom is -0.496 e. The van der Waals surface area contributed by atoms with E-state index < -0.39 is 34.7 Å². The number of methoxy groups -OCH3 is 1. The van der Waals surface area contributed by atoms with E-state index in [2.05, 4.69) is 10.6 Å². The van der Waals surface area contributed by atoms with Gasteiger partial charge in [0.15, 0.2) is 0 Å². The van der Waals surface area contributed by atoms with Crippen molar-refractivity contribution in [2.24, 2.45) is 0 Å². The van der Waals surface area contributed by atoms with Gasteiger partial charge in [-0.15, -0.1) is 11.3 Å². The molecule has 11 heteroatoms. The van der Waals surface area contributed by atoms with Crippen LogP contribution in [-0.2, 0) is 10.9 Å². The smallest absolute Gasteiger partial charge is 0.425 e. The van der Waals surface area contributed by atoms with Gasteiger partial charge in [0.1, 0.15) is 15.6 Å². The van der Waals surface area contributed by atoms with E-state index in [1.54, 1.807) is 24.3 Å². The Morgan fingerprint density at radius 3 is 2.59 bits per heavy atom. The first kappa shape index (κ1) is 22.5. The molecule has 2 amide bonds. The van der Waals surface area contributed by atoms with E-state index in [9.17, 15) is 27.9 Å². The third-order valence-electron chi connectivity index (χ3n) is 3.69. The predicted octanol–water partition coefficient (Wildman–Crippen LogP) is 3.81. The number of ether oxygens (including phenoxy) is 2. The number of carbonyl (C=O) groups is 2. The maximum atomic E-state index is 13.0. The van der Waals surface area contributed by atoms with E-state index >= 15 is 0 Å². The second-order valence-corrected chi connectivity index (χ2v) is 6.72. The fraction of sp³-hybridized carbons (Fsp3) is 0.333. The largest absolute Gasteiger partial charge is 0.496 e. The van der Waals surface area contributed by atoms with Crippen molar-refractivity contribution < 1.29 is 37.3 Å². The average molecular weight is 432 g/mol. The quantitative estimate of drug-likeness (QED) is 0.578. The van der Waals surface area contributed by atoms with Crippen LogP contribution in [0.4, 0.5) is 23.0 Å². The molecule has 0 aliphatic carbocycles. The molecule has 1 aromatic heterocycles. The Morgan fingerprint density at radius 2 is 1.97 bits per heavy atom. The van der Waals surface area contributed by atoms with Crippen LogP contribution in [-0.4, -0.2) is 37.4 Å². The second-order valence-electron chi connectivity index (χ2n) is 5.66. The lowest BCUT2D eigenvalue weighted by Crippen LogP contribution is -2.32. The highest BCUT2D eigenvalue weighted by molar-refractivity contribution is 7.16. The lowest BCUT2D eigenvalue weighted by molar-refractivity contribution is -0.134. The van der Waals surface area contributed by atoms with Crippen LogP contribution in [0.3, 0.4) is 0 Å². The summed E-state index contributed by atoms with van der Waals surface area (Å²) in [6.07, 6.45) is -5.79. The number of nitrogens with one attached hydrogen (secondary N) is 2. The standard InChI is InChI=1S/C18H19F3N2O5S/c1-3-28-16(25)11-8-14(18(19,20)21)29-15(11)23-17(26)22-9-12(24)10-6-4-5-7-13(10)27-2/h4-8,12,24H,3,9H2,1-2H3,(H2,22,23,26)/t12-/m1/s1. The summed E-state index contributed by atoms with van der Waals surface area (Å²) in [4.78, 5) is 23.0. The summed E-state index contributed by atoms with van der Waals surface area (Å²) >= 11 is 0.205.